The lowest BCUT2D eigenvalue weighted by Crippen LogP contribution is -2.25. The highest BCUT2D eigenvalue weighted by molar-refractivity contribution is 4.84. The summed E-state index contributed by atoms with van der Waals surface area (Å²) in [4.78, 5) is 0. The Labute approximate surface area is 87.0 Å². The Morgan fingerprint density at radius 2 is 2.29 bits per heavy atom. The third-order valence-electron chi connectivity index (χ3n) is 2.65. The smallest absolute Gasteiger partial charge is 0.163 e. The lowest BCUT2D eigenvalue weighted by Gasteiger charge is -2.20. The molecule has 0 N–H and O–H groups in total. The molecule has 0 bridgehead atoms. The summed E-state index contributed by atoms with van der Waals surface area (Å²) in [5, 5.41) is 0. The molecule has 1 heterocycles. The zero-order valence-corrected chi connectivity index (χ0v) is 9.38. The molecule has 1 saturated heterocycles. The average Bonchev–Trinajstić information content (AvgIpc) is 2.46. The van der Waals surface area contributed by atoms with Crippen molar-refractivity contribution in [1.29, 1.82) is 0 Å². The van der Waals surface area contributed by atoms with Crippen molar-refractivity contribution in [2.45, 2.75) is 51.9 Å². The Balaban J connectivity index is 2.26. The highest BCUT2D eigenvalue weighted by atomic mass is 16.7. The Hall–Kier alpha value is -0.520. The number of hydrogen-bond acceptors (Lipinski definition) is 2. The van der Waals surface area contributed by atoms with E-state index in [2.05, 4.69) is 12.8 Å². The van der Waals surface area contributed by atoms with Crippen molar-refractivity contribution < 1.29 is 9.47 Å². The standard InChI is InChI=1S/C12H20O2/c1-5-6-7-8-10(2)11-9-13-12(3,4)14-11/h1,10-11H,6-9H2,2-4H3/t10-,11?/m0/s1. The van der Waals surface area contributed by atoms with Gasteiger partial charge >= 0.3 is 0 Å². The van der Waals surface area contributed by atoms with Crippen LogP contribution in [-0.2, 0) is 9.47 Å². The van der Waals surface area contributed by atoms with Crippen molar-refractivity contribution in [2.75, 3.05) is 6.61 Å². The second-order valence-electron chi connectivity index (χ2n) is 4.44. The van der Waals surface area contributed by atoms with Crippen LogP contribution in [0.3, 0.4) is 0 Å². The summed E-state index contributed by atoms with van der Waals surface area (Å²) < 4.78 is 11.3. The van der Waals surface area contributed by atoms with E-state index in [1.807, 2.05) is 13.8 Å². The van der Waals surface area contributed by atoms with E-state index in [0.717, 1.165) is 19.3 Å². The maximum absolute atomic E-state index is 5.77. The lowest BCUT2D eigenvalue weighted by molar-refractivity contribution is -0.144. The maximum atomic E-state index is 5.77. The molecule has 1 fully saturated rings. The fourth-order valence-corrected chi connectivity index (χ4v) is 1.71. The van der Waals surface area contributed by atoms with Gasteiger partial charge in [0.15, 0.2) is 5.79 Å². The molecule has 0 radical (unpaired) electrons. The number of rotatable bonds is 4. The Morgan fingerprint density at radius 3 is 2.79 bits per heavy atom. The van der Waals surface area contributed by atoms with Crippen LogP contribution in [0.15, 0.2) is 0 Å². The van der Waals surface area contributed by atoms with Gasteiger partial charge in [0, 0.05) is 6.42 Å². The summed E-state index contributed by atoms with van der Waals surface area (Å²) in [6, 6.07) is 0. The second-order valence-corrected chi connectivity index (χ2v) is 4.44. The first-order chi connectivity index (χ1) is 6.55. The van der Waals surface area contributed by atoms with Gasteiger partial charge in [0.1, 0.15) is 0 Å². The van der Waals surface area contributed by atoms with Crippen molar-refractivity contribution in [3.8, 4) is 12.3 Å². The van der Waals surface area contributed by atoms with Crippen LogP contribution in [0.2, 0.25) is 0 Å². The van der Waals surface area contributed by atoms with E-state index >= 15 is 0 Å². The SMILES string of the molecule is C#CCCC[C@H](C)C1COC(C)(C)O1. The third-order valence-corrected chi connectivity index (χ3v) is 2.65. The molecule has 80 valence electrons. The summed E-state index contributed by atoms with van der Waals surface area (Å²) in [5.74, 6) is 2.79. The molecule has 0 spiro atoms. The van der Waals surface area contributed by atoms with E-state index in [-0.39, 0.29) is 6.10 Å². The minimum Gasteiger partial charge on any atom is -0.348 e. The molecule has 0 saturated carbocycles. The normalized spacial score (nSPS) is 27.1. The van der Waals surface area contributed by atoms with Crippen LogP contribution >= 0.6 is 0 Å². The predicted molar refractivity (Wildman–Crippen MR) is 56.8 cm³/mol. The monoisotopic (exact) mass is 196 g/mol. The van der Waals surface area contributed by atoms with Crippen molar-refractivity contribution >= 4 is 0 Å². The van der Waals surface area contributed by atoms with Gasteiger partial charge in [0.25, 0.3) is 0 Å². The van der Waals surface area contributed by atoms with E-state index in [0.29, 0.717) is 12.5 Å². The van der Waals surface area contributed by atoms with Gasteiger partial charge in [-0.2, -0.15) is 0 Å². The largest absolute Gasteiger partial charge is 0.348 e. The molecule has 1 aliphatic rings. The minimum absolute atomic E-state index is 0.239. The summed E-state index contributed by atoms with van der Waals surface area (Å²) in [7, 11) is 0. The van der Waals surface area contributed by atoms with E-state index in [9.17, 15) is 0 Å². The van der Waals surface area contributed by atoms with E-state index in [1.165, 1.54) is 0 Å². The van der Waals surface area contributed by atoms with Crippen LogP contribution in [0.1, 0.15) is 40.0 Å². The molecule has 0 aromatic carbocycles. The van der Waals surface area contributed by atoms with Crippen LogP contribution in [0.4, 0.5) is 0 Å². The fourth-order valence-electron chi connectivity index (χ4n) is 1.71. The number of ether oxygens (including phenoxy) is 2. The first-order valence-electron chi connectivity index (χ1n) is 5.30. The van der Waals surface area contributed by atoms with Gasteiger partial charge in [0.05, 0.1) is 12.7 Å². The highest BCUT2D eigenvalue weighted by Crippen LogP contribution is 2.28. The third kappa shape index (κ3) is 3.32. The van der Waals surface area contributed by atoms with Gasteiger partial charge in [-0.25, -0.2) is 0 Å². The Bertz CT molecular complexity index is 215. The molecule has 0 aromatic rings. The molecule has 0 amide bonds. The van der Waals surface area contributed by atoms with Crippen LogP contribution in [0.5, 0.6) is 0 Å². The minimum atomic E-state index is -0.398. The van der Waals surface area contributed by atoms with Crippen LogP contribution < -0.4 is 0 Å². The molecular weight excluding hydrogens is 176 g/mol. The highest BCUT2D eigenvalue weighted by Gasteiger charge is 2.35. The van der Waals surface area contributed by atoms with E-state index in [1.54, 1.807) is 0 Å². The Morgan fingerprint density at radius 1 is 1.57 bits per heavy atom. The average molecular weight is 196 g/mol. The molecule has 0 aliphatic carbocycles. The van der Waals surface area contributed by atoms with Crippen molar-refractivity contribution in [3.05, 3.63) is 0 Å². The van der Waals surface area contributed by atoms with Gasteiger partial charge in [-0.15, -0.1) is 12.3 Å². The molecule has 2 nitrogen and oxygen atoms in total. The van der Waals surface area contributed by atoms with Crippen molar-refractivity contribution in [1.82, 2.24) is 0 Å². The summed E-state index contributed by atoms with van der Waals surface area (Å²) in [6.07, 6.45) is 8.51. The zero-order valence-electron chi connectivity index (χ0n) is 9.38. The van der Waals surface area contributed by atoms with E-state index in [4.69, 9.17) is 15.9 Å². The number of terminal acetylenes is 1. The number of hydrogen-bond donors (Lipinski definition) is 0. The molecule has 2 atom stereocenters. The lowest BCUT2D eigenvalue weighted by atomic mass is 9.98. The molecule has 1 unspecified atom stereocenters. The van der Waals surface area contributed by atoms with E-state index < -0.39 is 5.79 Å². The topological polar surface area (TPSA) is 18.5 Å². The van der Waals surface area contributed by atoms with Crippen LogP contribution in [-0.4, -0.2) is 18.5 Å². The second kappa shape index (κ2) is 4.82. The van der Waals surface area contributed by atoms with Crippen molar-refractivity contribution in [2.24, 2.45) is 5.92 Å². The van der Waals surface area contributed by atoms with Gasteiger partial charge in [0.2, 0.25) is 0 Å². The van der Waals surface area contributed by atoms with Gasteiger partial charge < -0.3 is 9.47 Å². The number of unbranched alkanes of at least 4 members (excludes halogenated alkanes) is 1. The van der Waals surface area contributed by atoms with Crippen LogP contribution in [0, 0.1) is 18.3 Å². The zero-order chi connectivity index (χ0) is 10.6. The van der Waals surface area contributed by atoms with Gasteiger partial charge in [-0.1, -0.05) is 6.92 Å². The quantitative estimate of drug-likeness (QED) is 0.508. The summed E-state index contributed by atoms with van der Waals surface area (Å²) in [6.45, 7) is 6.83. The summed E-state index contributed by atoms with van der Waals surface area (Å²) >= 11 is 0. The molecule has 1 rings (SSSR count). The fraction of sp³-hybridized carbons (Fsp3) is 0.833. The molecule has 2 heteroatoms. The van der Waals surface area contributed by atoms with Gasteiger partial charge in [-0.05, 0) is 32.6 Å². The van der Waals surface area contributed by atoms with Crippen molar-refractivity contribution in [3.63, 3.8) is 0 Å². The molecule has 14 heavy (non-hydrogen) atoms. The van der Waals surface area contributed by atoms with Gasteiger partial charge in [-0.3, -0.25) is 0 Å². The maximum Gasteiger partial charge on any atom is 0.163 e. The molecular formula is C12H20O2. The van der Waals surface area contributed by atoms with Crippen LogP contribution in [0.25, 0.3) is 0 Å². The molecule has 1 aliphatic heterocycles. The molecule has 0 aromatic heterocycles. The summed E-state index contributed by atoms with van der Waals surface area (Å²) in [5.41, 5.74) is 0. The first kappa shape index (κ1) is 11.6. The first-order valence-corrected chi connectivity index (χ1v) is 5.30. The predicted octanol–water partition coefficient (Wildman–Crippen LogP) is 2.58. The Kier molecular flexibility index (Phi) is 3.97.